The van der Waals surface area contributed by atoms with Gasteiger partial charge in [0.2, 0.25) is 0 Å². The zero-order valence-electron chi connectivity index (χ0n) is 32.4. The van der Waals surface area contributed by atoms with Crippen molar-refractivity contribution in [2.24, 2.45) is 0 Å². The van der Waals surface area contributed by atoms with Crippen LogP contribution < -0.4 is 28.4 Å². The standard InChI is InChI=1S/C40H46N10O6/c1-51-29-11-7-27(8-12-29)25-49-39(41-43-45-49)37(33-23-31(53-3)15-17-35(33)55-5)47-19-21-48(22-20-47)38(34-24-32(54-4)16-18-36(34)56-6)40-42-44-46-50(40)26-28-9-13-30(52-2)14-10-28/h7-18,23-24,37-38H,19-22,25-26H2,1-6H3/t37-,38+. The number of aromatic nitrogens is 8. The molecule has 1 aliphatic heterocycles. The lowest BCUT2D eigenvalue weighted by atomic mass is 9.99. The molecule has 7 rings (SSSR count). The minimum absolute atomic E-state index is 0.374. The highest BCUT2D eigenvalue weighted by molar-refractivity contribution is 5.46. The molecule has 1 saturated heterocycles. The molecule has 0 aliphatic carbocycles. The Morgan fingerprint density at radius 3 is 1.16 bits per heavy atom. The molecule has 0 N–H and O–H groups in total. The van der Waals surface area contributed by atoms with Crippen LogP contribution in [0.4, 0.5) is 0 Å². The molecular formula is C40H46N10O6. The number of nitrogens with zero attached hydrogens (tertiary/aromatic N) is 10. The van der Waals surface area contributed by atoms with Gasteiger partial charge in [0.05, 0.1) is 55.7 Å². The van der Waals surface area contributed by atoms with E-state index >= 15 is 0 Å². The fraction of sp³-hybridized carbons (Fsp3) is 0.350. The van der Waals surface area contributed by atoms with Gasteiger partial charge in [0.15, 0.2) is 11.6 Å². The Balaban J connectivity index is 1.24. The van der Waals surface area contributed by atoms with Gasteiger partial charge in [0.1, 0.15) is 46.6 Å². The second-order valence-electron chi connectivity index (χ2n) is 13.2. The van der Waals surface area contributed by atoms with Crippen molar-refractivity contribution in [3.8, 4) is 34.5 Å². The van der Waals surface area contributed by atoms with Gasteiger partial charge in [-0.15, -0.1) is 10.2 Å². The van der Waals surface area contributed by atoms with E-state index in [-0.39, 0.29) is 12.1 Å². The lowest BCUT2D eigenvalue weighted by Gasteiger charge is -2.42. The third-order valence-corrected chi connectivity index (χ3v) is 10.1. The number of tetrazole rings is 2. The number of methoxy groups -OCH3 is 6. The van der Waals surface area contributed by atoms with Gasteiger partial charge < -0.3 is 28.4 Å². The summed E-state index contributed by atoms with van der Waals surface area (Å²) in [6.45, 7) is 3.49. The summed E-state index contributed by atoms with van der Waals surface area (Å²) in [4.78, 5) is 4.76. The van der Waals surface area contributed by atoms with E-state index in [0.29, 0.717) is 73.9 Å². The van der Waals surface area contributed by atoms with Crippen molar-refractivity contribution in [1.82, 2.24) is 50.2 Å². The molecule has 3 heterocycles. The summed E-state index contributed by atoms with van der Waals surface area (Å²) in [5.74, 6) is 5.72. The Morgan fingerprint density at radius 2 is 0.821 bits per heavy atom. The number of hydrogen-bond acceptors (Lipinski definition) is 14. The monoisotopic (exact) mass is 762 g/mol. The average Bonchev–Trinajstić information content (AvgIpc) is 3.91. The summed E-state index contributed by atoms with van der Waals surface area (Å²) < 4.78 is 37.7. The summed E-state index contributed by atoms with van der Waals surface area (Å²) >= 11 is 0. The molecule has 0 saturated carbocycles. The number of rotatable bonds is 16. The average molecular weight is 763 g/mol. The summed E-state index contributed by atoms with van der Waals surface area (Å²) in [7, 11) is 9.96. The Morgan fingerprint density at radius 1 is 0.464 bits per heavy atom. The van der Waals surface area contributed by atoms with E-state index in [4.69, 9.17) is 28.4 Å². The van der Waals surface area contributed by atoms with Gasteiger partial charge in [0, 0.05) is 37.3 Å². The van der Waals surface area contributed by atoms with Crippen LogP contribution in [0.25, 0.3) is 0 Å². The molecule has 0 amide bonds. The zero-order chi connectivity index (χ0) is 39.0. The second kappa shape index (κ2) is 17.5. The molecule has 2 aromatic heterocycles. The normalized spacial score (nSPS) is 14.5. The van der Waals surface area contributed by atoms with Gasteiger partial charge in [-0.05, 0) is 92.6 Å². The van der Waals surface area contributed by atoms with Crippen molar-refractivity contribution >= 4 is 0 Å². The smallest absolute Gasteiger partial charge is 0.173 e. The maximum absolute atomic E-state index is 5.94. The van der Waals surface area contributed by atoms with E-state index < -0.39 is 0 Å². The first-order chi connectivity index (χ1) is 27.5. The molecule has 0 bridgehead atoms. The highest BCUT2D eigenvalue weighted by Gasteiger charge is 2.37. The van der Waals surface area contributed by atoms with Gasteiger partial charge in [-0.25, -0.2) is 9.36 Å². The van der Waals surface area contributed by atoms with Crippen LogP contribution >= 0.6 is 0 Å². The minimum Gasteiger partial charge on any atom is -0.497 e. The molecule has 0 radical (unpaired) electrons. The lowest BCUT2D eigenvalue weighted by Crippen LogP contribution is -2.50. The lowest BCUT2D eigenvalue weighted by molar-refractivity contribution is 0.0809. The van der Waals surface area contributed by atoms with Crippen molar-refractivity contribution in [2.75, 3.05) is 68.8 Å². The summed E-state index contributed by atoms with van der Waals surface area (Å²) in [6.07, 6.45) is 0. The Kier molecular flexibility index (Phi) is 11.9. The van der Waals surface area contributed by atoms with Crippen molar-refractivity contribution in [3.05, 3.63) is 119 Å². The molecule has 16 heteroatoms. The zero-order valence-corrected chi connectivity index (χ0v) is 32.4. The van der Waals surface area contributed by atoms with Gasteiger partial charge in [-0.2, -0.15) is 0 Å². The third-order valence-electron chi connectivity index (χ3n) is 10.1. The van der Waals surface area contributed by atoms with Gasteiger partial charge in [0.25, 0.3) is 0 Å². The van der Waals surface area contributed by atoms with Crippen LogP contribution in [0, 0.1) is 0 Å². The minimum atomic E-state index is -0.374. The van der Waals surface area contributed by atoms with E-state index in [2.05, 4.69) is 40.9 Å². The topological polar surface area (TPSA) is 149 Å². The summed E-state index contributed by atoms with van der Waals surface area (Å²) in [5.41, 5.74) is 3.84. The first kappa shape index (κ1) is 38.0. The van der Waals surface area contributed by atoms with Crippen LogP contribution in [0.1, 0.15) is 46.0 Å². The molecule has 4 aromatic carbocycles. The molecule has 0 spiro atoms. The molecule has 1 aliphatic rings. The molecule has 16 nitrogen and oxygen atoms in total. The number of piperazine rings is 1. The number of ether oxygens (including phenoxy) is 6. The van der Waals surface area contributed by atoms with Crippen LogP contribution in [0.15, 0.2) is 84.9 Å². The van der Waals surface area contributed by atoms with E-state index in [0.717, 1.165) is 33.8 Å². The fourth-order valence-electron chi connectivity index (χ4n) is 7.21. The predicted molar refractivity (Wildman–Crippen MR) is 206 cm³/mol. The number of hydrogen-bond donors (Lipinski definition) is 0. The first-order valence-electron chi connectivity index (χ1n) is 18.2. The van der Waals surface area contributed by atoms with Crippen LogP contribution in [0.3, 0.4) is 0 Å². The molecule has 292 valence electrons. The van der Waals surface area contributed by atoms with Crippen molar-refractivity contribution in [3.63, 3.8) is 0 Å². The molecule has 6 aromatic rings. The Hall–Kier alpha value is -6.26. The van der Waals surface area contributed by atoms with Crippen molar-refractivity contribution in [1.29, 1.82) is 0 Å². The highest BCUT2D eigenvalue weighted by Crippen LogP contribution is 2.40. The maximum atomic E-state index is 5.94. The van der Waals surface area contributed by atoms with Crippen molar-refractivity contribution in [2.45, 2.75) is 25.2 Å². The van der Waals surface area contributed by atoms with E-state index in [1.54, 1.807) is 42.7 Å². The molecule has 0 unspecified atom stereocenters. The maximum Gasteiger partial charge on any atom is 0.173 e. The SMILES string of the molecule is COc1ccc(Cn2nnnc2[C@@H](c2cc(OC)ccc2OC)N2CCN([C@@H](c3cc(OC)ccc3OC)c3nnnn3Cc3ccc(OC)cc3)CC2)cc1. The summed E-state index contributed by atoms with van der Waals surface area (Å²) in [6, 6.07) is 26.7. The molecule has 56 heavy (non-hydrogen) atoms. The first-order valence-corrected chi connectivity index (χ1v) is 18.2. The fourth-order valence-corrected chi connectivity index (χ4v) is 7.21. The molecule has 1 fully saturated rings. The Labute approximate surface area is 325 Å². The van der Waals surface area contributed by atoms with Gasteiger partial charge in [-0.1, -0.05) is 24.3 Å². The van der Waals surface area contributed by atoms with Crippen LogP contribution in [-0.4, -0.2) is 119 Å². The molecule has 2 atom stereocenters. The van der Waals surface area contributed by atoms with Crippen LogP contribution in [-0.2, 0) is 13.1 Å². The largest absolute Gasteiger partial charge is 0.497 e. The quantitative estimate of drug-likeness (QED) is 0.138. The van der Waals surface area contributed by atoms with Crippen molar-refractivity contribution < 1.29 is 28.4 Å². The van der Waals surface area contributed by atoms with Gasteiger partial charge in [-0.3, -0.25) is 9.80 Å². The highest BCUT2D eigenvalue weighted by atomic mass is 16.5. The Bertz CT molecular complexity index is 2030. The van der Waals surface area contributed by atoms with E-state index in [9.17, 15) is 0 Å². The van der Waals surface area contributed by atoms with Crippen LogP contribution in [0.5, 0.6) is 34.5 Å². The summed E-state index contributed by atoms with van der Waals surface area (Å²) in [5, 5.41) is 26.5. The van der Waals surface area contributed by atoms with E-state index in [1.807, 2.05) is 94.3 Å². The predicted octanol–water partition coefficient (Wildman–Crippen LogP) is 4.30. The second-order valence-corrected chi connectivity index (χ2v) is 13.2. The van der Waals surface area contributed by atoms with Gasteiger partial charge >= 0.3 is 0 Å². The van der Waals surface area contributed by atoms with E-state index in [1.165, 1.54) is 0 Å². The molecular weight excluding hydrogens is 717 g/mol. The number of benzene rings is 4. The third kappa shape index (κ3) is 8.06. The van der Waals surface area contributed by atoms with Crippen LogP contribution in [0.2, 0.25) is 0 Å².